The fraction of sp³-hybridized carbons (Fsp3) is 1.00. The van der Waals surface area contributed by atoms with Crippen LogP contribution in [0.15, 0.2) is 0 Å². The van der Waals surface area contributed by atoms with Crippen molar-refractivity contribution >= 4 is 8.80 Å². The minimum Gasteiger partial charge on any atom is -0.377 e. The molecular formula is C13H31NO3Si. The van der Waals surface area contributed by atoms with Crippen molar-refractivity contribution in [3.05, 3.63) is 0 Å². The van der Waals surface area contributed by atoms with Crippen molar-refractivity contribution in [2.24, 2.45) is 5.73 Å². The van der Waals surface area contributed by atoms with Gasteiger partial charge >= 0.3 is 8.80 Å². The van der Waals surface area contributed by atoms with E-state index in [9.17, 15) is 0 Å². The molecule has 0 saturated heterocycles. The molecule has 0 aromatic carbocycles. The summed E-state index contributed by atoms with van der Waals surface area (Å²) in [7, 11) is 0.975. The predicted molar refractivity (Wildman–Crippen MR) is 77.6 cm³/mol. The highest BCUT2D eigenvalue weighted by Gasteiger charge is 2.37. The van der Waals surface area contributed by atoms with Crippen LogP contribution in [-0.4, -0.2) is 36.2 Å². The molecule has 0 aliphatic carbocycles. The molecule has 0 atom stereocenters. The Morgan fingerprint density at radius 3 is 2.06 bits per heavy atom. The minimum atomic E-state index is -2.40. The summed E-state index contributed by atoms with van der Waals surface area (Å²) in [5.74, 6) is 0. The fourth-order valence-corrected chi connectivity index (χ4v) is 4.00. The van der Waals surface area contributed by atoms with Gasteiger partial charge in [0.05, 0.1) is 0 Å². The highest BCUT2D eigenvalue weighted by molar-refractivity contribution is 6.60. The van der Waals surface area contributed by atoms with Gasteiger partial charge in [0.2, 0.25) is 0 Å². The molecule has 4 nitrogen and oxygen atoms in total. The Kier molecular flexibility index (Phi) is 12.1. The lowest BCUT2D eigenvalue weighted by Gasteiger charge is -2.26. The zero-order chi connectivity index (χ0) is 13.7. The second-order valence-corrected chi connectivity index (χ2v) is 7.57. The number of hydrogen-bond acceptors (Lipinski definition) is 4. The van der Waals surface area contributed by atoms with Crippen LogP contribution in [0, 0.1) is 0 Å². The van der Waals surface area contributed by atoms with Gasteiger partial charge in [0.1, 0.15) is 0 Å². The average molecular weight is 277 g/mol. The van der Waals surface area contributed by atoms with Crippen molar-refractivity contribution < 1.29 is 13.3 Å². The summed E-state index contributed by atoms with van der Waals surface area (Å²) in [6, 6.07) is 0.913. The SMILES string of the molecule is CCCCCCCC[Si](OC)(OC)OCCCN. The zero-order valence-electron chi connectivity index (χ0n) is 12.4. The fourth-order valence-electron chi connectivity index (χ4n) is 1.91. The maximum atomic E-state index is 5.81. The van der Waals surface area contributed by atoms with E-state index < -0.39 is 8.80 Å². The molecule has 0 fully saturated rings. The Balaban J connectivity index is 3.79. The Morgan fingerprint density at radius 2 is 1.50 bits per heavy atom. The van der Waals surface area contributed by atoms with Gasteiger partial charge in [0, 0.05) is 26.9 Å². The summed E-state index contributed by atoms with van der Waals surface area (Å²) in [5, 5.41) is 0. The summed E-state index contributed by atoms with van der Waals surface area (Å²) < 4.78 is 16.8. The third-order valence-electron chi connectivity index (χ3n) is 3.13. The molecule has 0 radical (unpaired) electrons. The summed E-state index contributed by atoms with van der Waals surface area (Å²) in [4.78, 5) is 0. The standard InChI is InChI=1S/C13H31NO3Si/c1-4-5-6-7-8-9-13-18(15-2,16-3)17-12-10-11-14/h4-14H2,1-3H3. The van der Waals surface area contributed by atoms with Crippen LogP contribution in [0.3, 0.4) is 0 Å². The molecule has 2 N–H and O–H groups in total. The molecule has 0 spiro atoms. The van der Waals surface area contributed by atoms with Crippen LogP contribution in [-0.2, 0) is 13.3 Å². The third kappa shape index (κ3) is 8.21. The van der Waals surface area contributed by atoms with Gasteiger partial charge in [-0.15, -0.1) is 0 Å². The van der Waals surface area contributed by atoms with E-state index in [4.69, 9.17) is 19.0 Å². The first-order valence-corrected chi connectivity index (χ1v) is 9.12. The van der Waals surface area contributed by atoms with Gasteiger partial charge in [-0.25, -0.2) is 0 Å². The highest BCUT2D eigenvalue weighted by atomic mass is 28.4. The summed E-state index contributed by atoms with van der Waals surface area (Å²) in [5.41, 5.74) is 5.46. The molecule has 0 aromatic rings. The summed E-state index contributed by atoms with van der Waals surface area (Å²) in [6.07, 6.45) is 8.48. The van der Waals surface area contributed by atoms with Gasteiger partial charge in [0.15, 0.2) is 0 Å². The predicted octanol–water partition coefficient (Wildman–Crippen LogP) is 2.94. The summed E-state index contributed by atoms with van der Waals surface area (Å²) in [6.45, 7) is 3.52. The van der Waals surface area contributed by atoms with Gasteiger partial charge < -0.3 is 19.0 Å². The van der Waals surface area contributed by atoms with E-state index in [0.29, 0.717) is 13.2 Å². The smallest absolute Gasteiger partial charge is 0.377 e. The average Bonchev–Trinajstić information content (AvgIpc) is 2.41. The van der Waals surface area contributed by atoms with Crippen LogP contribution in [0.5, 0.6) is 0 Å². The van der Waals surface area contributed by atoms with Crippen molar-refractivity contribution in [3.63, 3.8) is 0 Å². The molecule has 0 rings (SSSR count). The van der Waals surface area contributed by atoms with E-state index in [-0.39, 0.29) is 0 Å². The molecule has 0 heterocycles. The Morgan fingerprint density at radius 1 is 0.889 bits per heavy atom. The molecule has 18 heavy (non-hydrogen) atoms. The number of hydrogen-bond donors (Lipinski definition) is 1. The second kappa shape index (κ2) is 12.1. The lowest BCUT2D eigenvalue weighted by Crippen LogP contribution is -2.44. The lowest BCUT2D eigenvalue weighted by molar-refractivity contribution is 0.0969. The monoisotopic (exact) mass is 277 g/mol. The third-order valence-corrected chi connectivity index (χ3v) is 5.98. The normalized spacial score (nSPS) is 12.0. The van der Waals surface area contributed by atoms with Crippen LogP contribution in [0.2, 0.25) is 6.04 Å². The highest BCUT2D eigenvalue weighted by Crippen LogP contribution is 2.19. The van der Waals surface area contributed by atoms with Crippen molar-refractivity contribution in [3.8, 4) is 0 Å². The van der Waals surface area contributed by atoms with Gasteiger partial charge in [-0.3, -0.25) is 0 Å². The molecule has 0 amide bonds. The molecule has 0 aliphatic rings. The maximum Gasteiger partial charge on any atom is 0.500 e. The largest absolute Gasteiger partial charge is 0.500 e. The minimum absolute atomic E-state index is 0.639. The second-order valence-electron chi connectivity index (χ2n) is 4.60. The van der Waals surface area contributed by atoms with Gasteiger partial charge in [-0.1, -0.05) is 39.0 Å². The first kappa shape index (κ1) is 18.1. The van der Waals surface area contributed by atoms with E-state index in [2.05, 4.69) is 6.92 Å². The molecule has 0 aliphatic heterocycles. The van der Waals surface area contributed by atoms with E-state index in [0.717, 1.165) is 18.9 Å². The van der Waals surface area contributed by atoms with Gasteiger partial charge in [-0.05, 0) is 19.4 Å². The molecule has 110 valence electrons. The molecule has 5 heteroatoms. The summed E-state index contributed by atoms with van der Waals surface area (Å²) >= 11 is 0. The van der Waals surface area contributed by atoms with Gasteiger partial charge in [-0.2, -0.15) is 0 Å². The lowest BCUT2D eigenvalue weighted by atomic mass is 10.1. The molecule has 0 unspecified atom stereocenters. The first-order chi connectivity index (χ1) is 8.74. The van der Waals surface area contributed by atoms with E-state index in [1.54, 1.807) is 14.2 Å². The van der Waals surface area contributed by atoms with Crippen LogP contribution in [0.25, 0.3) is 0 Å². The number of nitrogens with two attached hydrogens (primary N) is 1. The first-order valence-electron chi connectivity index (χ1n) is 7.19. The van der Waals surface area contributed by atoms with E-state index in [1.165, 1.54) is 32.1 Å². The van der Waals surface area contributed by atoms with Gasteiger partial charge in [0.25, 0.3) is 0 Å². The van der Waals surface area contributed by atoms with Crippen molar-refractivity contribution in [2.75, 3.05) is 27.4 Å². The van der Waals surface area contributed by atoms with Crippen LogP contribution in [0.4, 0.5) is 0 Å². The Hall–Kier alpha value is 0.0569. The number of rotatable bonds is 13. The zero-order valence-corrected chi connectivity index (χ0v) is 13.4. The molecular weight excluding hydrogens is 246 g/mol. The Bertz CT molecular complexity index is 178. The maximum absolute atomic E-state index is 5.81. The van der Waals surface area contributed by atoms with Crippen molar-refractivity contribution in [2.45, 2.75) is 57.9 Å². The molecule has 0 saturated carbocycles. The number of unbranched alkanes of at least 4 members (excludes halogenated alkanes) is 5. The molecule has 0 bridgehead atoms. The van der Waals surface area contributed by atoms with Crippen LogP contribution in [0.1, 0.15) is 51.9 Å². The van der Waals surface area contributed by atoms with Crippen LogP contribution < -0.4 is 5.73 Å². The quantitative estimate of drug-likeness (QED) is 0.415. The van der Waals surface area contributed by atoms with Crippen molar-refractivity contribution in [1.82, 2.24) is 0 Å². The van der Waals surface area contributed by atoms with Crippen molar-refractivity contribution in [1.29, 1.82) is 0 Å². The Labute approximate surface area is 114 Å². The topological polar surface area (TPSA) is 53.7 Å². The van der Waals surface area contributed by atoms with E-state index >= 15 is 0 Å². The van der Waals surface area contributed by atoms with E-state index in [1.807, 2.05) is 0 Å². The molecule has 0 aromatic heterocycles. The van der Waals surface area contributed by atoms with Crippen LogP contribution >= 0.6 is 0 Å².